The van der Waals surface area contributed by atoms with Gasteiger partial charge in [0.15, 0.2) is 5.65 Å². The standard InChI is InChI=1S/C27H27IN6S2/c1-5-21-12-19-11-18(6-7-22(19)16(2)3)23-14-34(36-28)26-24(23)25(32-27(29-4)33-26)31-13-20-10-17(15-35-21)8-9-30-20/h5-12,14,16H,1,13,15H2,2-4H3,(H2,29,31,32,33)/b21-12+. The quantitative estimate of drug-likeness (QED) is 0.223. The number of allylic oxidation sites excluding steroid dienone is 1. The Labute approximate surface area is 232 Å². The minimum atomic E-state index is 0.399. The number of rotatable bonds is 4. The molecule has 5 rings (SSSR count). The topological polar surface area (TPSA) is 67.7 Å². The number of pyridine rings is 1. The summed E-state index contributed by atoms with van der Waals surface area (Å²) in [6.45, 7) is 9.14. The van der Waals surface area contributed by atoms with E-state index in [2.05, 4.69) is 104 Å². The van der Waals surface area contributed by atoms with Crippen molar-refractivity contribution < 1.29 is 0 Å². The summed E-state index contributed by atoms with van der Waals surface area (Å²) < 4.78 is 2.10. The van der Waals surface area contributed by atoms with E-state index in [0.29, 0.717) is 18.4 Å². The minimum Gasteiger partial charge on any atom is -0.364 e. The van der Waals surface area contributed by atoms with Crippen molar-refractivity contribution in [3.05, 3.63) is 82.7 Å². The third kappa shape index (κ3) is 5.01. The van der Waals surface area contributed by atoms with Crippen LogP contribution in [0.25, 0.3) is 28.2 Å². The second-order valence-electron chi connectivity index (χ2n) is 8.83. The first-order chi connectivity index (χ1) is 17.5. The predicted octanol–water partition coefficient (Wildman–Crippen LogP) is 7.89. The molecule has 6 nitrogen and oxygen atoms in total. The van der Waals surface area contributed by atoms with Crippen LogP contribution in [0.2, 0.25) is 0 Å². The maximum atomic E-state index is 4.82. The number of hydrogen-bond donors (Lipinski definition) is 2. The maximum Gasteiger partial charge on any atom is 0.226 e. The first-order valence-electron chi connectivity index (χ1n) is 11.7. The van der Waals surface area contributed by atoms with E-state index in [1.807, 2.05) is 19.3 Å². The monoisotopic (exact) mass is 626 g/mol. The molecular formula is C27H27IN6S2. The lowest BCUT2D eigenvalue weighted by atomic mass is 9.93. The Balaban J connectivity index is 1.80. The van der Waals surface area contributed by atoms with Crippen molar-refractivity contribution in [3.63, 3.8) is 0 Å². The second kappa shape index (κ2) is 10.9. The van der Waals surface area contributed by atoms with E-state index in [0.717, 1.165) is 44.3 Å². The smallest absolute Gasteiger partial charge is 0.226 e. The van der Waals surface area contributed by atoms with Crippen molar-refractivity contribution in [3.8, 4) is 11.1 Å². The van der Waals surface area contributed by atoms with Gasteiger partial charge in [0.05, 0.1) is 17.6 Å². The van der Waals surface area contributed by atoms with Crippen molar-refractivity contribution in [2.45, 2.75) is 32.1 Å². The van der Waals surface area contributed by atoms with Crippen LogP contribution in [0.3, 0.4) is 0 Å². The van der Waals surface area contributed by atoms with Gasteiger partial charge >= 0.3 is 0 Å². The Morgan fingerprint density at radius 2 is 2.11 bits per heavy atom. The first-order valence-corrected chi connectivity index (χ1v) is 16.0. The molecule has 2 N–H and O–H groups in total. The molecule has 184 valence electrons. The van der Waals surface area contributed by atoms with Crippen LogP contribution in [-0.4, -0.2) is 26.0 Å². The minimum absolute atomic E-state index is 0.399. The molecule has 0 atom stereocenters. The number of halogens is 1. The van der Waals surface area contributed by atoms with E-state index in [4.69, 9.17) is 9.97 Å². The fraction of sp³-hybridized carbons (Fsp3) is 0.222. The molecule has 0 spiro atoms. The van der Waals surface area contributed by atoms with Crippen molar-refractivity contribution in [1.82, 2.24) is 18.9 Å². The molecule has 36 heavy (non-hydrogen) atoms. The number of nitrogens with one attached hydrogen (secondary N) is 2. The average molecular weight is 627 g/mol. The molecule has 4 bridgehead atoms. The highest BCUT2D eigenvalue weighted by Gasteiger charge is 2.20. The molecular weight excluding hydrogens is 599 g/mol. The molecule has 1 aliphatic rings. The molecule has 4 aromatic rings. The van der Waals surface area contributed by atoms with Crippen LogP contribution in [0.15, 0.2) is 60.3 Å². The molecule has 0 saturated carbocycles. The van der Waals surface area contributed by atoms with E-state index in [1.54, 1.807) is 20.9 Å². The highest BCUT2D eigenvalue weighted by atomic mass is 127. The summed E-state index contributed by atoms with van der Waals surface area (Å²) in [5, 5.41) is 7.67. The zero-order valence-corrected chi connectivity index (χ0v) is 24.2. The SMILES string of the molecule is C=C/C1=C\c2cc(ccc2C(C)C)-c2cn(SI)c3nc(NC)nc(c23)NCc2cc(ccn2)CS1. The number of benzene rings is 1. The summed E-state index contributed by atoms with van der Waals surface area (Å²) in [6, 6.07) is 11.0. The number of anilines is 2. The summed E-state index contributed by atoms with van der Waals surface area (Å²) in [7, 11) is 3.44. The third-order valence-corrected chi connectivity index (χ3v) is 8.95. The van der Waals surface area contributed by atoms with E-state index < -0.39 is 0 Å². The van der Waals surface area contributed by atoms with Crippen molar-refractivity contribution in [1.29, 1.82) is 0 Å². The van der Waals surface area contributed by atoms with Crippen LogP contribution >= 0.6 is 42.1 Å². The molecule has 0 fully saturated rings. The van der Waals surface area contributed by atoms with E-state index in [-0.39, 0.29) is 0 Å². The Hall–Kier alpha value is -2.50. The third-order valence-electron chi connectivity index (χ3n) is 6.15. The Morgan fingerprint density at radius 1 is 1.25 bits per heavy atom. The number of aromatic nitrogens is 4. The van der Waals surface area contributed by atoms with Gasteiger partial charge in [-0.3, -0.25) is 8.96 Å². The zero-order chi connectivity index (χ0) is 25.2. The molecule has 0 saturated heterocycles. The fourth-order valence-electron chi connectivity index (χ4n) is 4.37. The van der Waals surface area contributed by atoms with Crippen LogP contribution in [0.4, 0.5) is 11.8 Å². The van der Waals surface area contributed by atoms with Crippen LogP contribution in [0, 0.1) is 0 Å². The summed E-state index contributed by atoms with van der Waals surface area (Å²) in [5.41, 5.74) is 7.80. The second-order valence-corrected chi connectivity index (χ2v) is 11.6. The summed E-state index contributed by atoms with van der Waals surface area (Å²) in [5.74, 6) is 2.61. The Bertz CT molecular complexity index is 1480. The van der Waals surface area contributed by atoms with E-state index in [1.165, 1.54) is 16.7 Å². The van der Waals surface area contributed by atoms with Gasteiger partial charge in [-0.25, -0.2) is 0 Å². The lowest BCUT2D eigenvalue weighted by molar-refractivity contribution is 0.864. The predicted molar refractivity (Wildman–Crippen MR) is 165 cm³/mol. The Morgan fingerprint density at radius 3 is 2.86 bits per heavy atom. The van der Waals surface area contributed by atoms with Crippen LogP contribution in [0.1, 0.15) is 42.1 Å². The van der Waals surface area contributed by atoms with Crippen LogP contribution in [0.5, 0.6) is 0 Å². The van der Waals surface area contributed by atoms with Gasteiger partial charge < -0.3 is 10.6 Å². The number of thioether (sulfide) groups is 1. The van der Waals surface area contributed by atoms with Gasteiger partial charge in [0.2, 0.25) is 5.95 Å². The van der Waals surface area contributed by atoms with Gasteiger partial charge in [-0.1, -0.05) is 38.6 Å². The van der Waals surface area contributed by atoms with Crippen LogP contribution in [-0.2, 0) is 12.3 Å². The zero-order valence-electron chi connectivity index (χ0n) is 20.4. The van der Waals surface area contributed by atoms with Gasteiger partial charge in [0, 0.05) is 66.0 Å². The van der Waals surface area contributed by atoms with Crippen molar-refractivity contribution >= 4 is 71.0 Å². The lowest BCUT2D eigenvalue weighted by Gasteiger charge is -2.14. The molecule has 4 heterocycles. The molecule has 9 heteroatoms. The number of nitrogens with zero attached hydrogens (tertiary/aromatic N) is 4. The van der Waals surface area contributed by atoms with Gasteiger partial charge in [0.1, 0.15) is 5.82 Å². The normalized spacial score (nSPS) is 15.0. The van der Waals surface area contributed by atoms with Gasteiger partial charge in [-0.05, 0) is 52.4 Å². The molecule has 1 aliphatic heterocycles. The van der Waals surface area contributed by atoms with Gasteiger partial charge in [0.25, 0.3) is 0 Å². The Kier molecular flexibility index (Phi) is 7.59. The van der Waals surface area contributed by atoms with E-state index >= 15 is 0 Å². The van der Waals surface area contributed by atoms with Crippen molar-refractivity contribution in [2.24, 2.45) is 0 Å². The molecule has 0 radical (unpaired) electrons. The summed E-state index contributed by atoms with van der Waals surface area (Å²) >= 11 is 4.09. The molecule has 1 aromatic carbocycles. The highest BCUT2D eigenvalue weighted by molar-refractivity contribution is 14.2. The van der Waals surface area contributed by atoms with E-state index in [9.17, 15) is 0 Å². The largest absolute Gasteiger partial charge is 0.364 e. The van der Waals surface area contributed by atoms with Crippen LogP contribution < -0.4 is 10.6 Å². The molecule has 0 unspecified atom stereocenters. The highest BCUT2D eigenvalue weighted by Crippen LogP contribution is 2.40. The lowest BCUT2D eigenvalue weighted by Crippen LogP contribution is -2.07. The number of fused-ring (bicyclic) bond motifs is 5. The summed E-state index contributed by atoms with van der Waals surface area (Å²) in [6.07, 6.45) is 8.25. The first kappa shape index (κ1) is 25.2. The molecule has 3 aromatic heterocycles. The number of hydrogen-bond acceptors (Lipinski definition) is 7. The van der Waals surface area contributed by atoms with Gasteiger partial charge in [-0.2, -0.15) is 9.97 Å². The van der Waals surface area contributed by atoms with Crippen molar-refractivity contribution in [2.75, 3.05) is 17.7 Å². The fourth-order valence-corrected chi connectivity index (χ4v) is 6.46. The summed E-state index contributed by atoms with van der Waals surface area (Å²) in [4.78, 5) is 15.4. The molecule has 0 amide bonds. The molecule has 0 aliphatic carbocycles. The maximum absolute atomic E-state index is 4.82. The van der Waals surface area contributed by atoms with Gasteiger partial charge in [-0.15, -0.1) is 11.8 Å². The average Bonchev–Trinajstić information content (AvgIpc) is 3.28.